The van der Waals surface area contributed by atoms with Crippen molar-refractivity contribution < 1.29 is 17.9 Å². The molecule has 0 spiro atoms. The second-order valence-corrected chi connectivity index (χ2v) is 8.86. The van der Waals surface area contributed by atoms with Gasteiger partial charge >= 0.3 is 0 Å². The molecule has 0 atom stereocenters. The van der Waals surface area contributed by atoms with Crippen LogP contribution in [0, 0.1) is 0 Å². The molecule has 1 heterocycles. The third kappa shape index (κ3) is 4.25. The zero-order valence-electron chi connectivity index (χ0n) is 14.7. The fourth-order valence-electron chi connectivity index (χ4n) is 2.95. The average molecular weight is 361 g/mol. The minimum Gasteiger partial charge on any atom is -0.492 e. The molecule has 0 aliphatic carbocycles. The first-order valence-electron chi connectivity index (χ1n) is 8.21. The molecule has 0 saturated carbocycles. The largest absolute Gasteiger partial charge is 0.492 e. The Bertz CT molecular complexity index is 861. The van der Waals surface area contributed by atoms with Crippen LogP contribution in [0.15, 0.2) is 53.4 Å². The number of nitrogens with zero attached hydrogens (tertiary/aromatic N) is 1. The van der Waals surface area contributed by atoms with E-state index < -0.39 is 9.84 Å². The Morgan fingerprint density at radius 2 is 1.92 bits per heavy atom. The number of rotatable bonds is 5. The molecule has 25 heavy (non-hydrogen) atoms. The Balaban J connectivity index is 1.68. The van der Waals surface area contributed by atoms with Crippen LogP contribution in [-0.2, 0) is 9.84 Å². The smallest absolute Gasteiger partial charge is 0.175 e. The number of fused-ring (bicyclic) bond motifs is 1. The van der Waals surface area contributed by atoms with Gasteiger partial charge in [-0.05, 0) is 44.2 Å². The van der Waals surface area contributed by atoms with Crippen molar-refractivity contribution in [3.05, 3.63) is 48.5 Å². The van der Waals surface area contributed by atoms with E-state index in [2.05, 4.69) is 18.7 Å². The van der Waals surface area contributed by atoms with Crippen molar-refractivity contribution in [3.63, 3.8) is 0 Å². The van der Waals surface area contributed by atoms with Crippen LogP contribution in [-0.4, -0.2) is 40.0 Å². The van der Waals surface area contributed by atoms with Crippen LogP contribution in [0.2, 0.25) is 0 Å². The van der Waals surface area contributed by atoms with Gasteiger partial charge in [0.05, 0.1) is 23.7 Å². The minimum absolute atomic E-state index is 0.267. The number of anilines is 1. The maximum atomic E-state index is 11.6. The van der Waals surface area contributed by atoms with Crippen molar-refractivity contribution in [2.45, 2.75) is 24.3 Å². The monoisotopic (exact) mass is 361 g/mol. The molecule has 0 amide bonds. The lowest BCUT2D eigenvalue weighted by atomic mass is 10.1. The summed E-state index contributed by atoms with van der Waals surface area (Å²) in [6.45, 7) is 6.03. The van der Waals surface area contributed by atoms with Gasteiger partial charge in [0.1, 0.15) is 23.7 Å². The first kappa shape index (κ1) is 17.6. The average Bonchev–Trinajstić information content (AvgIpc) is 2.53. The van der Waals surface area contributed by atoms with Crippen molar-refractivity contribution in [1.29, 1.82) is 0 Å². The van der Waals surface area contributed by atoms with Gasteiger partial charge in [-0.2, -0.15) is 0 Å². The SMILES string of the molecule is CC1(C)CN(CCOc2cccc(S(C)(=O)=O)c2)c2ccccc2O1. The molecule has 0 N–H and O–H groups in total. The quantitative estimate of drug-likeness (QED) is 0.819. The van der Waals surface area contributed by atoms with Gasteiger partial charge in [-0.1, -0.05) is 18.2 Å². The Labute approximate surface area is 149 Å². The van der Waals surface area contributed by atoms with Crippen LogP contribution >= 0.6 is 0 Å². The molecular formula is C19H23NO4S. The molecule has 134 valence electrons. The Hall–Kier alpha value is -2.21. The third-order valence-electron chi connectivity index (χ3n) is 4.03. The number of para-hydroxylation sites is 2. The van der Waals surface area contributed by atoms with E-state index in [9.17, 15) is 8.42 Å². The normalized spacial score (nSPS) is 16.0. The second-order valence-electron chi connectivity index (χ2n) is 6.85. The van der Waals surface area contributed by atoms with E-state index in [0.29, 0.717) is 18.9 Å². The van der Waals surface area contributed by atoms with E-state index in [-0.39, 0.29) is 10.5 Å². The lowest BCUT2D eigenvalue weighted by Gasteiger charge is -2.40. The standard InChI is InChI=1S/C19H23NO4S/c1-19(2)14-20(17-9-4-5-10-18(17)24-19)11-12-23-15-7-6-8-16(13-15)25(3,21)22/h4-10,13H,11-12,14H2,1-3H3. The minimum atomic E-state index is -3.23. The molecule has 0 fully saturated rings. The van der Waals surface area contributed by atoms with Crippen LogP contribution < -0.4 is 14.4 Å². The van der Waals surface area contributed by atoms with Crippen LogP contribution in [0.5, 0.6) is 11.5 Å². The number of benzene rings is 2. The van der Waals surface area contributed by atoms with E-state index in [4.69, 9.17) is 9.47 Å². The van der Waals surface area contributed by atoms with Crippen molar-refractivity contribution in [3.8, 4) is 11.5 Å². The summed E-state index contributed by atoms with van der Waals surface area (Å²) < 4.78 is 35.1. The summed E-state index contributed by atoms with van der Waals surface area (Å²) >= 11 is 0. The summed E-state index contributed by atoms with van der Waals surface area (Å²) in [5.41, 5.74) is 0.778. The molecule has 2 aromatic rings. The van der Waals surface area contributed by atoms with E-state index in [1.165, 1.54) is 6.26 Å². The highest BCUT2D eigenvalue weighted by atomic mass is 32.2. The molecule has 5 nitrogen and oxygen atoms in total. The lowest BCUT2D eigenvalue weighted by molar-refractivity contribution is 0.104. The zero-order valence-corrected chi connectivity index (χ0v) is 15.5. The molecule has 0 saturated heterocycles. The molecule has 0 unspecified atom stereocenters. The molecule has 3 rings (SSSR count). The van der Waals surface area contributed by atoms with Crippen molar-refractivity contribution in [2.24, 2.45) is 0 Å². The number of hydrogen-bond donors (Lipinski definition) is 0. The van der Waals surface area contributed by atoms with E-state index in [1.54, 1.807) is 24.3 Å². The zero-order chi connectivity index (χ0) is 18.1. The van der Waals surface area contributed by atoms with Gasteiger partial charge in [0.15, 0.2) is 9.84 Å². The summed E-state index contributed by atoms with van der Waals surface area (Å²) in [5.74, 6) is 1.43. The van der Waals surface area contributed by atoms with Crippen LogP contribution in [0.1, 0.15) is 13.8 Å². The molecule has 0 aromatic heterocycles. The maximum absolute atomic E-state index is 11.6. The number of sulfone groups is 1. The molecule has 0 bridgehead atoms. The van der Waals surface area contributed by atoms with E-state index >= 15 is 0 Å². The summed E-state index contributed by atoms with van der Waals surface area (Å²) in [7, 11) is -3.23. The molecule has 1 aliphatic heterocycles. The van der Waals surface area contributed by atoms with Crippen LogP contribution in [0.25, 0.3) is 0 Å². The fourth-order valence-corrected chi connectivity index (χ4v) is 3.60. The molecule has 6 heteroatoms. The Morgan fingerprint density at radius 3 is 2.68 bits per heavy atom. The number of ether oxygens (including phenoxy) is 2. The maximum Gasteiger partial charge on any atom is 0.175 e. The van der Waals surface area contributed by atoms with Crippen molar-refractivity contribution >= 4 is 15.5 Å². The summed E-state index contributed by atoms with van der Waals surface area (Å²) in [4.78, 5) is 2.50. The van der Waals surface area contributed by atoms with E-state index in [1.807, 2.05) is 24.3 Å². The fraction of sp³-hybridized carbons (Fsp3) is 0.368. The van der Waals surface area contributed by atoms with E-state index in [0.717, 1.165) is 18.0 Å². The van der Waals surface area contributed by atoms with Gasteiger partial charge < -0.3 is 14.4 Å². The highest BCUT2D eigenvalue weighted by molar-refractivity contribution is 7.90. The predicted octanol–water partition coefficient (Wildman–Crippen LogP) is 3.15. The second kappa shape index (κ2) is 6.59. The Morgan fingerprint density at radius 1 is 1.16 bits per heavy atom. The molecular weight excluding hydrogens is 338 g/mol. The topological polar surface area (TPSA) is 55.8 Å². The third-order valence-corrected chi connectivity index (χ3v) is 5.14. The molecule has 1 aliphatic rings. The van der Waals surface area contributed by atoms with Gasteiger partial charge in [0.2, 0.25) is 0 Å². The van der Waals surface area contributed by atoms with Gasteiger partial charge in [0, 0.05) is 6.26 Å². The van der Waals surface area contributed by atoms with Gasteiger partial charge in [0.25, 0.3) is 0 Å². The molecule has 0 radical (unpaired) electrons. The summed E-state index contributed by atoms with van der Waals surface area (Å²) in [5, 5.41) is 0. The highest BCUT2D eigenvalue weighted by Gasteiger charge is 2.31. The van der Waals surface area contributed by atoms with Gasteiger partial charge in [-0.3, -0.25) is 0 Å². The highest BCUT2D eigenvalue weighted by Crippen LogP contribution is 2.36. The predicted molar refractivity (Wildman–Crippen MR) is 98.4 cm³/mol. The van der Waals surface area contributed by atoms with Crippen LogP contribution in [0.3, 0.4) is 0 Å². The first-order chi connectivity index (χ1) is 11.7. The van der Waals surface area contributed by atoms with Gasteiger partial charge in [-0.25, -0.2) is 8.42 Å². The van der Waals surface area contributed by atoms with Crippen LogP contribution in [0.4, 0.5) is 5.69 Å². The summed E-state index contributed by atoms with van der Waals surface area (Å²) in [6, 6.07) is 14.6. The lowest BCUT2D eigenvalue weighted by Crippen LogP contribution is -2.48. The first-order valence-corrected chi connectivity index (χ1v) is 10.1. The summed E-state index contributed by atoms with van der Waals surface area (Å²) in [6.07, 6.45) is 1.19. The van der Waals surface area contributed by atoms with Crippen molar-refractivity contribution in [2.75, 3.05) is 30.9 Å². The Kier molecular flexibility index (Phi) is 4.64. The van der Waals surface area contributed by atoms with Gasteiger partial charge in [-0.15, -0.1) is 0 Å². The molecule has 2 aromatic carbocycles. The number of hydrogen-bond acceptors (Lipinski definition) is 5. The van der Waals surface area contributed by atoms with Crippen molar-refractivity contribution in [1.82, 2.24) is 0 Å².